The lowest BCUT2D eigenvalue weighted by molar-refractivity contribution is 0.207. The van der Waals surface area contributed by atoms with Gasteiger partial charge in [-0.3, -0.25) is 4.98 Å². The van der Waals surface area contributed by atoms with Crippen molar-refractivity contribution in [2.45, 2.75) is 26.3 Å². The summed E-state index contributed by atoms with van der Waals surface area (Å²) >= 11 is 1.90. The topological polar surface area (TPSA) is 45.2 Å². The van der Waals surface area contributed by atoms with E-state index in [1.165, 1.54) is 0 Å². The number of rotatable bonds is 6. The molecule has 4 nitrogen and oxygen atoms in total. The lowest BCUT2D eigenvalue weighted by Gasteiger charge is -2.25. The summed E-state index contributed by atoms with van der Waals surface area (Å²) in [6, 6.07) is 3.78. The van der Waals surface area contributed by atoms with Crippen LogP contribution in [0.5, 0.6) is 0 Å². The molecule has 100 valence electrons. The van der Waals surface area contributed by atoms with Crippen molar-refractivity contribution in [3.8, 4) is 0 Å². The SMILES string of the molecule is CCSCCC(C)N(C)C(=O)Nc1cccnc1. The summed E-state index contributed by atoms with van der Waals surface area (Å²) in [5, 5.41) is 2.83. The molecule has 1 heterocycles. The fourth-order valence-electron chi connectivity index (χ4n) is 1.44. The van der Waals surface area contributed by atoms with E-state index in [9.17, 15) is 4.79 Å². The van der Waals surface area contributed by atoms with Crippen molar-refractivity contribution in [1.82, 2.24) is 9.88 Å². The summed E-state index contributed by atoms with van der Waals surface area (Å²) in [5.74, 6) is 2.21. The third-order valence-electron chi connectivity index (χ3n) is 2.78. The molecule has 0 saturated heterocycles. The lowest BCUT2D eigenvalue weighted by atomic mass is 10.2. The van der Waals surface area contributed by atoms with Gasteiger partial charge in [-0.2, -0.15) is 11.8 Å². The molecular formula is C13H21N3OS. The first-order valence-corrected chi connectivity index (χ1v) is 7.32. The molecule has 5 heteroatoms. The monoisotopic (exact) mass is 267 g/mol. The van der Waals surface area contributed by atoms with Crippen LogP contribution in [0.4, 0.5) is 10.5 Å². The van der Waals surface area contributed by atoms with Crippen LogP contribution in [0.2, 0.25) is 0 Å². The van der Waals surface area contributed by atoms with Crippen molar-refractivity contribution in [3.63, 3.8) is 0 Å². The van der Waals surface area contributed by atoms with Gasteiger partial charge in [-0.25, -0.2) is 4.79 Å². The molecule has 0 aliphatic heterocycles. The van der Waals surface area contributed by atoms with Gasteiger partial charge in [-0.1, -0.05) is 6.92 Å². The first kappa shape index (κ1) is 14.8. The predicted octanol–water partition coefficient (Wildman–Crippen LogP) is 3.08. The normalized spacial score (nSPS) is 11.9. The molecule has 18 heavy (non-hydrogen) atoms. The van der Waals surface area contributed by atoms with Crippen molar-refractivity contribution in [1.29, 1.82) is 0 Å². The average Bonchev–Trinajstić information content (AvgIpc) is 2.39. The third kappa shape index (κ3) is 4.96. The summed E-state index contributed by atoms with van der Waals surface area (Å²) in [4.78, 5) is 17.7. The Balaban J connectivity index is 2.41. The molecule has 0 saturated carbocycles. The minimum atomic E-state index is -0.0861. The molecule has 1 aromatic rings. The molecule has 0 fully saturated rings. The molecule has 0 radical (unpaired) electrons. The smallest absolute Gasteiger partial charge is 0.321 e. The Labute approximate surface area is 113 Å². The first-order valence-electron chi connectivity index (χ1n) is 6.16. The summed E-state index contributed by atoms with van der Waals surface area (Å²) < 4.78 is 0. The van der Waals surface area contributed by atoms with Crippen LogP contribution in [-0.4, -0.2) is 40.5 Å². The number of anilines is 1. The van der Waals surface area contributed by atoms with E-state index < -0.39 is 0 Å². The second-order valence-electron chi connectivity index (χ2n) is 4.12. The van der Waals surface area contributed by atoms with E-state index in [4.69, 9.17) is 0 Å². The third-order valence-corrected chi connectivity index (χ3v) is 3.71. The summed E-state index contributed by atoms with van der Waals surface area (Å²) in [6.45, 7) is 4.22. The van der Waals surface area contributed by atoms with E-state index >= 15 is 0 Å². The van der Waals surface area contributed by atoms with Gasteiger partial charge in [-0.05, 0) is 37.0 Å². The highest BCUT2D eigenvalue weighted by Crippen LogP contribution is 2.10. The Morgan fingerprint density at radius 3 is 3.00 bits per heavy atom. The zero-order chi connectivity index (χ0) is 13.4. The maximum atomic E-state index is 12.0. The number of thioether (sulfide) groups is 1. The van der Waals surface area contributed by atoms with Crippen LogP contribution < -0.4 is 5.32 Å². The molecule has 0 spiro atoms. The maximum Gasteiger partial charge on any atom is 0.321 e. The molecule has 1 N–H and O–H groups in total. The zero-order valence-corrected chi connectivity index (χ0v) is 12.0. The minimum Gasteiger partial charge on any atom is -0.325 e. The molecule has 0 bridgehead atoms. The van der Waals surface area contributed by atoms with Gasteiger partial charge in [0.2, 0.25) is 0 Å². The number of amides is 2. The molecular weight excluding hydrogens is 246 g/mol. The Morgan fingerprint density at radius 1 is 1.61 bits per heavy atom. The second kappa shape index (κ2) is 7.97. The molecule has 1 unspecified atom stereocenters. The molecule has 1 aromatic heterocycles. The maximum absolute atomic E-state index is 12.0. The van der Waals surface area contributed by atoms with Gasteiger partial charge in [-0.15, -0.1) is 0 Å². The number of urea groups is 1. The summed E-state index contributed by atoms with van der Waals surface area (Å²) in [6.07, 6.45) is 4.34. The number of hydrogen-bond donors (Lipinski definition) is 1. The minimum absolute atomic E-state index is 0.0861. The predicted molar refractivity (Wildman–Crippen MR) is 78.1 cm³/mol. The average molecular weight is 267 g/mol. The van der Waals surface area contributed by atoms with Gasteiger partial charge in [0.15, 0.2) is 0 Å². The fraction of sp³-hybridized carbons (Fsp3) is 0.538. The van der Waals surface area contributed by atoms with E-state index in [-0.39, 0.29) is 12.1 Å². The van der Waals surface area contributed by atoms with Crippen LogP contribution >= 0.6 is 11.8 Å². The van der Waals surface area contributed by atoms with Crippen molar-refractivity contribution in [2.24, 2.45) is 0 Å². The Morgan fingerprint density at radius 2 is 2.39 bits per heavy atom. The Kier molecular flexibility index (Phi) is 6.57. The van der Waals surface area contributed by atoms with Crippen molar-refractivity contribution >= 4 is 23.5 Å². The van der Waals surface area contributed by atoms with Crippen LogP contribution in [0, 0.1) is 0 Å². The summed E-state index contributed by atoms with van der Waals surface area (Å²) in [5.41, 5.74) is 0.726. The number of pyridine rings is 1. The van der Waals surface area contributed by atoms with E-state index in [2.05, 4.69) is 24.1 Å². The highest BCUT2D eigenvalue weighted by atomic mass is 32.2. The fourth-order valence-corrected chi connectivity index (χ4v) is 2.24. The molecule has 0 aliphatic rings. The number of carbonyl (C=O) groups is 1. The van der Waals surface area contributed by atoms with E-state index in [0.717, 1.165) is 23.6 Å². The van der Waals surface area contributed by atoms with Gasteiger partial charge < -0.3 is 10.2 Å². The number of nitrogens with one attached hydrogen (secondary N) is 1. The van der Waals surface area contributed by atoms with Crippen molar-refractivity contribution < 1.29 is 4.79 Å². The molecule has 1 rings (SSSR count). The van der Waals surface area contributed by atoms with Crippen molar-refractivity contribution in [3.05, 3.63) is 24.5 Å². The largest absolute Gasteiger partial charge is 0.325 e. The highest BCUT2D eigenvalue weighted by Gasteiger charge is 2.15. The molecule has 0 aliphatic carbocycles. The van der Waals surface area contributed by atoms with Gasteiger partial charge >= 0.3 is 6.03 Å². The number of carbonyl (C=O) groups excluding carboxylic acids is 1. The van der Waals surface area contributed by atoms with Gasteiger partial charge in [0.25, 0.3) is 0 Å². The lowest BCUT2D eigenvalue weighted by Crippen LogP contribution is -2.38. The van der Waals surface area contributed by atoms with Crippen molar-refractivity contribution in [2.75, 3.05) is 23.9 Å². The van der Waals surface area contributed by atoms with Gasteiger partial charge in [0, 0.05) is 19.3 Å². The zero-order valence-electron chi connectivity index (χ0n) is 11.2. The van der Waals surface area contributed by atoms with Gasteiger partial charge in [0.1, 0.15) is 0 Å². The quantitative estimate of drug-likeness (QED) is 0.806. The Hall–Kier alpha value is -1.23. The number of hydrogen-bond acceptors (Lipinski definition) is 3. The van der Waals surface area contributed by atoms with Crippen LogP contribution in [0.15, 0.2) is 24.5 Å². The van der Waals surface area contributed by atoms with E-state index in [0.29, 0.717) is 0 Å². The van der Waals surface area contributed by atoms with Crippen LogP contribution in [0.1, 0.15) is 20.3 Å². The Bertz CT molecular complexity index is 359. The number of aromatic nitrogens is 1. The molecule has 0 aromatic carbocycles. The molecule has 2 amide bonds. The van der Waals surface area contributed by atoms with Crippen LogP contribution in [0.3, 0.4) is 0 Å². The first-order chi connectivity index (χ1) is 8.65. The van der Waals surface area contributed by atoms with E-state index in [1.54, 1.807) is 23.4 Å². The number of nitrogens with zero attached hydrogens (tertiary/aromatic N) is 2. The van der Waals surface area contributed by atoms with E-state index in [1.807, 2.05) is 24.9 Å². The summed E-state index contributed by atoms with van der Waals surface area (Å²) in [7, 11) is 1.83. The molecule has 1 atom stereocenters. The standard InChI is InChI=1S/C13H21N3OS/c1-4-18-9-7-11(2)16(3)13(17)15-12-6-5-8-14-10-12/h5-6,8,10-11H,4,7,9H2,1-3H3,(H,15,17). The van der Waals surface area contributed by atoms with Gasteiger partial charge in [0.05, 0.1) is 11.9 Å². The second-order valence-corrected chi connectivity index (χ2v) is 5.51. The highest BCUT2D eigenvalue weighted by molar-refractivity contribution is 7.99. The van der Waals surface area contributed by atoms with Crippen LogP contribution in [-0.2, 0) is 0 Å². The van der Waals surface area contributed by atoms with Crippen LogP contribution in [0.25, 0.3) is 0 Å².